The third kappa shape index (κ3) is 3.95. The Labute approximate surface area is 87.5 Å². The van der Waals surface area contributed by atoms with Crippen LogP contribution in [0.4, 0.5) is 0 Å². The number of hydrogen-bond donors (Lipinski definition) is 2. The Morgan fingerprint density at radius 2 is 2.00 bits per heavy atom. The lowest BCUT2D eigenvalue weighted by molar-refractivity contribution is 0.0839. The zero-order valence-corrected chi connectivity index (χ0v) is 9.66. The van der Waals surface area contributed by atoms with E-state index in [1.807, 2.05) is 0 Å². The maximum absolute atomic E-state index is 9.78. The van der Waals surface area contributed by atoms with Crippen LogP contribution >= 0.6 is 0 Å². The standard InChI is InChI=1S/C11H24N2O/c1-9(8-13(2)3)12-10-6-4-5-7-11(10)14/h9-12,14H,4-8H2,1-3H3/t9?,10-,11-/m1/s1. The second-order valence-corrected chi connectivity index (χ2v) is 4.79. The first-order valence-corrected chi connectivity index (χ1v) is 5.68. The van der Waals surface area contributed by atoms with E-state index in [1.165, 1.54) is 12.8 Å². The summed E-state index contributed by atoms with van der Waals surface area (Å²) in [6.07, 6.45) is 4.39. The summed E-state index contributed by atoms with van der Waals surface area (Å²) in [4.78, 5) is 2.17. The predicted molar refractivity (Wildman–Crippen MR) is 59.4 cm³/mol. The van der Waals surface area contributed by atoms with Crippen molar-refractivity contribution in [2.75, 3.05) is 20.6 Å². The van der Waals surface area contributed by atoms with Gasteiger partial charge in [0.1, 0.15) is 0 Å². The van der Waals surface area contributed by atoms with Gasteiger partial charge < -0.3 is 15.3 Å². The van der Waals surface area contributed by atoms with Crippen LogP contribution in [-0.2, 0) is 0 Å². The fourth-order valence-corrected chi connectivity index (χ4v) is 2.27. The highest BCUT2D eigenvalue weighted by Crippen LogP contribution is 2.18. The lowest BCUT2D eigenvalue weighted by Gasteiger charge is -2.32. The largest absolute Gasteiger partial charge is 0.392 e. The minimum absolute atomic E-state index is 0.131. The minimum Gasteiger partial charge on any atom is -0.392 e. The Hall–Kier alpha value is -0.120. The lowest BCUT2D eigenvalue weighted by Crippen LogP contribution is -2.48. The van der Waals surface area contributed by atoms with Crippen molar-refractivity contribution in [3.8, 4) is 0 Å². The smallest absolute Gasteiger partial charge is 0.0693 e. The molecule has 0 saturated heterocycles. The summed E-state index contributed by atoms with van der Waals surface area (Å²) in [5, 5.41) is 13.3. The topological polar surface area (TPSA) is 35.5 Å². The van der Waals surface area contributed by atoms with Crippen LogP contribution in [0.15, 0.2) is 0 Å². The van der Waals surface area contributed by atoms with E-state index in [9.17, 15) is 5.11 Å². The van der Waals surface area contributed by atoms with Gasteiger partial charge in [0.05, 0.1) is 6.10 Å². The fraction of sp³-hybridized carbons (Fsp3) is 1.00. The van der Waals surface area contributed by atoms with Crippen LogP contribution in [0.25, 0.3) is 0 Å². The van der Waals surface area contributed by atoms with Gasteiger partial charge in [-0.3, -0.25) is 0 Å². The summed E-state index contributed by atoms with van der Waals surface area (Å²) in [5.74, 6) is 0. The van der Waals surface area contributed by atoms with Gasteiger partial charge >= 0.3 is 0 Å². The lowest BCUT2D eigenvalue weighted by atomic mass is 9.92. The molecular weight excluding hydrogens is 176 g/mol. The Balaban J connectivity index is 2.27. The first-order valence-electron chi connectivity index (χ1n) is 5.68. The monoisotopic (exact) mass is 200 g/mol. The van der Waals surface area contributed by atoms with Gasteiger partial charge in [-0.2, -0.15) is 0 Å². The molecule has 84 valence electrons. The van der Waals surface area contributed by atoms with Gasteiger partial charge in [0.2, 0.25) is 0 Å². The van der Waals surface area contributed by atoms with Gasteiger partial charge in [-0.15, -0.1) is 0 Å². The average molecular weight is 200 g/mol. The molecular formula is C11H24N2O. The highest BCUT2D eigenvalue weighted by atomic mass is 16.3. The van der Waals surface area contributed by atoms with Crippen LogP contribution in [0.5, 0.6) is 0 Å². The van der Waals surface area contributed by atoms with Crippen molar-refractivity contribution in [1.29, 1.82) is 0 Å². The molecule has 0 bridgehead atoms. The summed E-state index contributed by atoms with van der Waals surface area (Å²) in [5.41, 5.74) is 0. The maximum Gasteiger partial charge on any atom is 0.0693 e. The Morgan fingerprint density at radius 1 is 1.36 bits per heavy atom. The normalized spacial score (nSPS) is 30.6. The first-order chi connectivity index (χ1) is 6.59. The van der Waals surface area contributed by atoms with Gasteiger partial charge in [-0.1, -0.05) is 12.8 Å². The molecule has 1 aliphatic rings. The highest BCUT2D eigenvalue weighted by Gasteiger charge is 2.23. The number of hydrogen-bond acceptors (Lipinski definition) is 3. The van der Waals surface area contributed by atoms with Gasteiger partial charge in [0.25, 0.3) is 0 Å². The van der Waals surface area contributed by atoms with Crippen LogP contribution in [0, 0.1) is 0 Å². The van der Waals surface area contributed by atoms with Crippen molar-refractivity contribution in [3.63, 3.8) is 0 Å². The number of nitrogens with one attached hydrogen (secondary N) is 1. The molecule has 3 atom stereocenters. The van der Waals surface area contributed by atoms with Crippen LogP contribution in [0.1, 0.15) is 32.6 Å². The molecule has 0 aliphatic heterocycles. The Bertz CT molecular complexity index is 161. The second-order valence-electron chi connectivity index (χ2n) is 4.79. The van der Waals surface area contributed by atoms with E-state index in [0.717, 1.165) is 19.4 Å². The number of rotatable bonds is 4. The summed E-state index contributed by atoms with van der Waals surface area (Å²) < 4.78 is 0. The third-order valence-electron chi connectivity index (χ3n) is 2.87. The van der Waals surface area contributed by atoms with Crippen molar-refractivity contribution in [1.82, 2.24) is 10.2 Å². The molecule has 3 heteroatoms. The zero-order chi connectivity index (χ0) is 10.6. The fourth-order valence-electron chi connectivity index (χ4n) is 2.27. The number of likely N-dealkylation sites (N-methyl/N-ethyl adjacent to an activating group) is 1. The van der Waals surface area contributed by atoms with E-state index in [4.69, 9.17) is 0 Å². The third-order valence-corrected chi connectivity index (χ3v) is 2.87. The molecule has 0 heterocycles. The molecule has 0 amide bonds. The molecule has 3 nitrogen and oxygen atoms in total. The summed E-state index contributed by atoms with van der Waals surface area (Å²) in [6, 6.07) is 0.779. The van der Waals surface area contributed by atoms with E-state index in [-0.39, 0.29) is 6.10 Å². The SMILES string of the molecule is CC(CN(C)C)N[C@@H]1CCCC[C@H]1O. The molecule has 0 aromatic rings. The van der Waals surface area contributed by atoms with E-state index < -0.39 is 0 Å². The Kier molecular flexibility index (Phi) is 4.85. The van der Waals surface area contributed by atoms with Crippen LogP contribution < -0.4 is 5.32 Å². The van der Waals surface area contributed by atoms with Crippen LogP contribution in [0.3, 0.4) is 0 Å². The first kappa shape index (κ1) is 12.0. The van der Waals surface area contributed by atoms with Crippen molar-refractivity contribution in [3.05, 3.63) is 0 Å². The molecule has 1 rings (SSSR count). The van der Waals surface area contributed by atoms with Crippen molar-refractivity contribution in [2.24, 2.45) is 0 Å². The molecule has 0 radical (unpaired) electrons. The van der Waals surface area contributed by atoms with E-state index in [1.54, 1.807) is 0 Å². The van der Waals surface area contributed by atoms with E-state index in [0.29, 0.717) is 12.1 Å². The molecule has 1 saturated carbocycles. The quantitative estimate of drug-likeness (QED) is 0.705. The zero-order valence-electron chi connectivity index (χ0n) is 9.66. The second kappa shape index (κ2) is 5.69. The molecule has 1 unspecified atom stereocenters. The number of nitrogens with zero attached hydrogens (tertiary/aromatic N) is 1. The van der Waals surface area contributed by atoms with Crippen LogP contribution in [0.2, 0.25) is 0 Å². The van der Waals surface area contributed by atoms with Crippen molar-refractivity contribution in [2.45, 2.75) is 50.8 Å². The summed E-state index contributed by atoms with van der Waals surface area (Å²) in [7, 11) is 4.16. The van der Waals surface area contributed by atoms with Gasteiger partial charge in [0.15, 0.2) is 0 Å². The highest BCUT2D eigenvalue weighted by molar-refractivity contribution is 4.82. The van der Waals surface area contributed by atoms with Gasteiger partial charge in [0, 0.05) is 18.6 Å². The van der Waals surface area contributed by atoms with Crippen LogP contribution in [-0.4, -0.2) is 48.8 Å². The Morgan fingerprint density at radius 3 is 2.57 bits per heavy atom. The summed E-state index contributed by atoms with van der Waals surface area (Å²) >= 11 is 0. The van der Waals surface area contributed by atoms with Crippen molar-refractivity contribution < 1.29 is 5.11 Å². The molecule has 2 N–H and O–H groups in total. The molecule has 14 heavy (non-hydrogen) atoms. The molecule has 1 aliphatic carbocycles. The van der Waals surface area contributed by atoms with Gasteiger partial charge in [-0.25, -0.2) is 0 Å². The van der Waals surface area contributed by atoms with Crippen molar-refractivity contribution >= 4 is 0 Å². The number of aliphatic hydroxyl groups excluding tert-OH is 1. The molecule has 0 aromatic carbocycles. The predicted octanol–water partition coefficient (Wildman–Crippen LogP) is 0.830. The minimum atomic E-state index is -0.131. The molecule has 0 spiro atoms. The summed E-state index contributed by atoms with van der Waals surface area (Å²) in [6.45, 7) is 3.21. The number of aliphatic hydroxyl groups is 1. The van der Waals surface area contributed by atoms with Gasteiger partial charge in [-0.05, 0) is 33.9 Å². The van der Waals surface area contributed by atoms with E-state index >= 15 is 0 Å². The average Bonchev–Trinajstić information content (AvgIpc) is 2.07. The molecule has 1 fully saturated rings. The van der Waals surface area contributed by atoms with E-state index in [2.05, 4.69) is 31.2 Å². The maximum atomic E-state index is 9.78. The molecule has 0 aromatic heterocycles.